The molecular weight excluding hydrogens is 236 g/mol. The number of nitrogens with one attached hydrogen (secondary N) is 1. The third kappa shape index (κ3) is 3.72. The largest absolute Gasteiger partial charge is 0.338 e. The fourth-order valence-electron chi connectivity index (χ4n) is 2.87. The molecule has 1 aromatic rings. The van der Waals surface area contributed by atoms with E-state index < -0.39 is 0 Å². The van der Waals surface area contributed by atoms with Gasteiger partial charge in [-0.2, -0.15) is 0 Å². The number of hydrogen-bond acceptors (Lipinski definition) is 1. The number of piperidine rings is 1. The smallest absolute Gasteiger partial charge is 0.317 e. The Balaban J connectivity index is 1.80. The van der Waals surface area contributed by atoms with E-state index in [0.717, 1.165) is 19.3 Å². The molecule has 1 fully saturated rings. The molecule has 1 N–H and O–H groups in total. The van der Waals surface area contributed by atoms with Gasteiger partial charge in [0.2, 0.25) is 0 Å². The zero-order chi connectivity index (χ0) is 13.7. The average molecular weight is 260 g/mol. The Labute approximate surface area is 116 Å². The van der Waals surface area contributed by atoms with Crippen LogP contribution in [-0.4, -0.2) is 29.6 Å². The quantitative estimate of drug-likeness (QED) is 0.889. The monoisotopic (exact) mass is 260 g/mol. The van der Waals surface area contributed by atoms with Crippen LogP contribution in [-0.2, 0) is 6.42 Å². The van der Waals surface area contributed by atoms with Crippen LogP contribution in [0.1, 0.15) is 38.7 Å². The first-order chi connectivity index (χ1) is 9.18. The van der Waals surface area contributed by atoms with Gasteiger partial charge in [-0.15, -0.1) is 0 Å². The lowest BCUT2D eigenvalue weighted by atomic mass is 9.98. The molecule has 1 saturated heterocycles. The van der Waals surface area contributed by atoms with Gasteiger partial charge in [-0.05, 0) is 45.1 Å². The lowest BCUT2D eigenvalue weighted by Crippen LogP contribution is -2.52. The summed E-state index contributed by atoms with van der Waals surface area (Å²) in [6.45, 7) is 5.00. The van der Waals surface area contributed by atoms with Gasteiger partial charge in [-0.1, -0.05) is 30.3 Å². The van der Waals surface area contributed by atoms with Gasteiger partial charge in [0.1, 0.15) is 0 Å². The van der Waals surface area contributed by atoms with Gasteiger partial charge in [-0.25, -0.2) is 4.79 Å². The van der Waals surface area contributed by atoms with Crippen LogP contribution in [0.3, 0.4) is 0 Å². The van der Waals surface area contributed by atoms with Crippen LogP contribution in [0.25, 0.3) is 0 Å². The molecular formula is C16H24N2O. The molecule has 0 aliphatic carbocycles. The highest BCUT2D eigenvalue weighted by Gasteiger charge is 2.28. The molecule has 104 valence electrons. The number of amides is 2. The van der Waals surface area contributed by atoms with E-state index in [1.54, 1.807) is 0 Å². The zero-order valence-corrected chi connectivity index (χ0v) is 11.9. The topological polar surface area (TPSA) is 32.3 Å². The van der Waals surface area contributed by atoms with Crippen molar-refractivity contribution >= 4 is 6.03 Å². The number of nitrogens with zero attached hydrogens (tertiary/aromatic N) is 1. The molecule has 3 heteroatoms. The van der Waals surface area contributed by atoms with E-state index in [9.17, 15) is 4.79 Å². The Morgan fingerprint density at radius 3 is 2.47 bits per heavy atom. The molecule has 1 aromatic carbocycles. The number of hydrogen-bond donors (Lipinski definition) is 1. The van der Waals surface area contributed by atoms with Gasteiger partial charge < -0.3 is 10.2 Å². The summed E-state index contributed by atoms with van der Waals surface area (Å²) in [7, 11) is 0. The first kappa shape index (κ1) is 13.9. The standard InChI is InChI=1S/C16H24N2O/c1-13-7-6-8-14(2)18(13)16(19)17-12-11-15-9-4-3-5-10-15/h3-5,9-10,13-14H,6-8,11-12H2,1-2H3,(H,17,19). The van der Waals surface area contributed by atoms with E-state index >= 15 is 0 Å². The minimum atomic E-state index is 0.0932. The van der Waals surface area contributed by atoms with Crippen molar-refractivity contribution in [3.05, 3.63) is 35.9 Å². The van der Waals surface area contributed by atoms with Crippen molar-refractivity contribution in [2.24, 2.45) is 0 Å². The molecule has 0 radical (unpaired) electrons. The molecule has 1 aliphatic heterocycles. The van der Waals surface area contributed by atoms with Crippen LogP contribution in [0.5, 0.6) is 0 Å². The molecule has 1 heterocycles. The molecule has 2 amide bonds. The van der Waals surface area contributed by atoms with E-state index in [0.29, 0.717) is 18.6 Å². The number of rotatable bonds is 3. The van der Waals surface area contributed by atoms with Crippen LogP contribution < -0.4 is 5.32 Å². The van der Waals surface area contributed by atoms with Crippen molar-refractivity contribution < 1.29 is 4.79 Å². The lowest BCUT2D eigenvalue weighted by Gasteiger charge is -2.38. The summed E-state index contributed by atoms with van der Waals surface area (Å²) in [5.74, 6) is 0. The molecule has 3 nitrogen and oxygen atoms in total. The summed E-state index contributed by atoms with van der Waals surface area (Å²) >= 11 is 0. The van der Waals surface area contributed by atoms with E-state index in [1.807, 2.05) is 23.1 Å². The van der Waals surface area contributed by atoms with Crippen molar-refractivity contribution in [1.29, 1.82) is 0 Å². The van der Waals surface area contributed by atoms with Crippen molar-refractivity contribution in [2.75, 3.05) is 6.54 Å². The van der Waals surface area contributed by atoms with Crippen LogP contribution in [0, 0.1) is 0 Å². The number of urea groups is 1. The zero-order valence-electron chi connectivity index (χ0n) is 11.9. The van der Waals surface area contributed by atoms with Gasteiger partial charge >= 0.3 is 6.03 Å². The molecule has 0 bridgehead atoms. The fraction of sp³-hybridized carbons (Fsp3) is 0.562. The van der Waals surface area contributed by atoms with E-state index in [1.165, 1.54) is 12.0 Å². The Kier molecular flexibility index (Phi) is 4.83. The average Bonchev–Trinajstić information content (AvgIpc) is 2.40. The first-order valence-electron chi connectivity index (χ1n) is 7.28. The summed E-state index contributed by atoms with van der Waals surface area (Å²) in [6.07, 6.45) is 4.37. The molecule has 2 rings (SSSR count). The van der Waals surface area contributed by atoms with Gasteiger partial charge in [-0.3, -0.25) is 0 Å². The van der Waals surface area contributed by atoms with Gasteiger partial charge in [0.05, 0.1) is 0 Å². The third-order valence-corrected chi connectivity index (χ3v) is 3.96. The number of carbonyl (C=O) groups is 1. The van der Waals surface area contributed by atoms with E-state index in [4.69, 9.17) is 0 Å². The maximum atomic E-state index is 12.2. The minimum absolute atomic E-state index is 0.0932. The van der Waals surface area contributed by atoms with Crippen molar-refractivity contribution in [2.45, 2.75) is 51.6 Å². The van der Waals surface area contributed by atoms with Gasteiger partial charge in [0.15, 0.2) is 0 Å². The maximum absolute atomic E-state index is 12.2. The second-order valence-electron chi connectivity index (χ2n) is 5.50. The second kappa shape index (κ2) is 6.60. The highest BCUT2D eigenvalue weighted by Crippen LogP contribution is 2.22. The molecule has 1 aliphatic rings. The molecule has 2 unspecified atom stereocenters. The normalized spacial score (nSPS) is 23.2. The Morgan fingerprint density at radius 2 is 1.84 bits per heavy atom. The highest BCUT2D eigenvalue weighted by atomic mass is 16.2. The number of benzene rings is 1. The molecule has 0 aromatic heterocycles. The van der Waals surface area contributed by atoms with E-state index in [-0.39, 0.29) is 6.03 Å². The highest BCUT2D eigenvalue weighted by molar-refractivity contribution is 5.75. The summed E-state index contributed by atoms with van der Waals surface area (Å²) in [6, 6.07) is 11.1. The number of carbonyl (C=O) groups excluding carboxylic acids is 1. The fourth-order valence-corrected chi connectivity index (χ4v) is 2.87. The molecule has 2 atom stereocenters. The first-order valence-corrected chi connectivity index (χ1v) is 7.28. The second-order valence-corrected chi connectivity index (χ2v) is 5.50. The SMILES string of the molecule is CC1CCCC(C)N1C(=O)NCCc1ccccc1. The summed E-state index contributed by atoms with van der Waals surface area (Å²) in [5, 5.41) is 3.05. The van der Waals surface area contributed by atoms with Crippen LogP contribution in [0.15, 0.2) is 30.3 Å². The van der Waals surface area contributed by atoms with Crippen molar-refractivity contribution in [1.82, 2.24) is 10.2 Å². The van der Waals surface area contributed by atoms with Crippen LogP contribution >= 0.6 is 0 Å². The van der Waals surface area contributed by atoms with Crippen LogP contribution in [0.2, 0.25) is 0 Å². The van der Waals surface area contributed by atoms with Crippen molar-refractivity contribution in [3.8, 4) is 0 Å². The third-order valence-electron chi connectivity index (χ3n) is 3.96. The Hall–Kier alpha value is -1.51. The van der Waals surface area contributed by atoms with Crippen molar-refractivity contribution in [3.63, 3.8) is 0 Å². The number of likely N-dealkylation sites (tertiary alicyclic amines) is 1. The van der Waals surface area contributed by atoms with Gasteiger partial charge in [0, 0.05) is 18.6 Å². The Bertz CT molecular complexity index is 394. The Morgan fingerprint density at radius 1 is 1.21 bits per heavy atom. The molecule has 0 spiro atoms. The summed E-state index contributed by atoms with van der Waals surface area (Å²) < 4.78 is 0. The predicted octanol–water partition coefficient (Wildman–Crippen LogP) is 3.20. The van der Waals surface area contributed by atoms with Gasteiger partial charge in [0.25, 0.3) is 0 Å². The van der Waals surface area contributed by atoms with E-state index in [2.05, 4.69) is 31.3 Å². The molecule has 0 saturated carbocycles. The lowest BCUT2D eigenvalue weighted by molar-refractivity contribution is 0.123. The summed E-state index contributed by atoms with van der Waals surface area (Å²) in [4.78, 5) is 14.2. The molecule has 19 heavy (non-hydrogen) atoms. The van der Waals surface area contributed by atoms with Crippen LogP contribution in [0.4, 0.5) is 4.79 Å². The predicted molar refractivity (Wildman–Crippen MR) is 78.2 cm³/mol. The minimum Gasteiger partial charge on any atom is -0.338 e. The maximum Gasteiger partial charge on any atom is 0.317 e. The summed E-state index contributed by atoms with van der Waals surface area (Å²) in [5.41, 5.74) is 1.27.